The van der Waals surface area contributed by atoms with Crippen molar-refractivity contribution in [3.05, 3.63) is 0 Å². The van der Waals surface area contributed by atoms with Gasteiger partial charge in [-0.2, -0.15) is 17.5 Å². The molecule has 2 atom stereocenters. The first-order chi connectivity index (χ1) is 9.60. The summed E-state index contributed by atoms with van der Waals surface area (Å²) in [5.74, 6) is -1.16. The van der Waals surface area contributed by atoms with Gasteiger partial charge in [-0.05, 0) is 26.7 Å². The SMILES string of the molecule is CCOC(=O)C[C@H](C(F)(F)F)S(=O)(=O)N1CCCC[C@H]1C. The van der Waals surface area contributed by atoms with Gasteiger partial charge in [-0.15, -0.1) is 0 Å². The molecule has 1 aliphatic rings. The highest BCUT2D eigenvalue weighted by molar-refractivity contribution is 7.89. The van der Waals surface area contributed by atoms with Gasteiger partial charge in [0.05, 0.1) is 13.0 Å². The molecule has 0 N–H and O–H groups in total. The van der Waals surface area contributed by atoms with Crippen LogP contribution in [0.1, 0.15) is 39.5 Å². The summed E-state index contributed by atoms with van der Waals surface area (Å²) in [7, 11) is -4.64. The number of esters is 1. The number of alkyl halides is 3. The van der Waals surface area contributed by atoms with E-state index in [0.717, 1.165) is 10.7 Å². The van der Waals surface area contributed by atoms with E-state index in [1.165, 1.54) is 6.92 Å². The van der Waals surface area contributed by atoms with Crippen LogP contribution in [0, 0.1) is 0 Å². The number of carbonyl (C=O) groups excluding carboxylic acids is 1. The lowest BCUT2D eigenvalue weighted by atomic mass is 10.1. The van der Waals surface area contributed by atoms with Crippen molar-refractivity contribution in [2.45, 2.75) is 57.0 Å². The Balaban J connectivity index is 3.03. The molecule has 0 aromatic heterocycles. The van der Waals surface area contributed by atoms with Gasteiger partial charge in [0, 0.05) is 12.6 Å². The van der Waals surface area contributed by atoms with Crippen LogP contribution in [0.15, 0.2) is 0 Å². The van der Waals surface area contributed by atoms with E-state index >= 15 is 0 Å². The highest BCUT2D eigenvalue weighted by atomic mass is 32.2. The minimum Gasteiger partial charge on any atom is -0.466 e. The molecule has 124 valence electrons. The Bertz CT molecular complexity index is 464. The van der Waals surface area contributed by atoms with E-state index in [0.29, 0.717) is 12.8 Å². The molecule has 0 unspecified atom stereocenters. The number of nitrogens with zero attached hydrogens (tertiary/aromatic N) is 1. The minimum absolute atomic E-state index is 0.0545. The molecule has 0 spiro atoms. The molecule has 0 bridgehead atoms. The Labute approximate surface area is 122 Å². The maximum Gasteiger partial charge on any atom is 0.407 e. The quantitative estimate of drug-likeness (QED) is 0.724. The van der Waals surface area contributed by atoms with Crippen molar-refractivity contribution in [1.29, 1.82) is 0 Å². The Morgan fingerprint density at radius 1 is 1.38 bits per heavy atom. The van der Waals surface area contributed by atoms with E-state index in [1.54, 1.807) is 6.92 Å². The van der Waals surface area contributed by atoms with Crippen LogP contribution in [-0.2, 0) is 19.6 Å². The average Bonchev–Trinajstić information content (AvgIpc) is 2.35. The number of halogens is 3. The zero-order chi connectivity index (χ0) is 16.3. The average molecular weight is 331 g/mol. The standard InChI is InChI=1S/C12H20F3NO4S/c1-3-20-11(17)8-10(12(13,14)15)21(18,19)16-7-5-4-6-9(16)2/h9-10H,3-8H2,1-2H3/t9-,10-/m1/s1. The number of hydrogen-bond donors (Lipinski definition) is 0. The maximum absolute atomic E-state index is 13.1. The van der Waals surface area contributed by atoms with Crippen LogP contribution < -0.4 is 0 Å². The summed E-state index contributed by atoms with van der Waals surface area (Å²) in [6, 6.07) is -0.490. The van der Waals surface area contributed by atoms with Crippen LogP contribution in [0.4, 0.5) is 13.2 Å². The molecule has 5 nitrogen and oxygen atoms in total. The maximum atomic E-state index is 13.1. The molecular formula is C12H20F3NO4S. The third-order valence-corrected chi connectivity index (χ3v) is 5.80. The third kappa shape index (κ3) is 4.57. The van der Waals surface area contributed by atoms with Gasteiger partial charge in [0.25, 0.3) is 0 Å². The molecule has 0 radical (unpaired) electrons. The molecule has 9 heteroatoms. The first-order valence-electron chi connectivity index (χ1n) is 6.83. The van der Waals surface area contributed by atoms with Crippen LogP contribution >= 0.6 is 0 Å². The fraction of sp³-hybridized carbons (Fsp3) is 0.917. The number of rotatable bonds is 5. The summed E-state index contributed by atoms with van der Waals surface area (Å²) in [6.07, 6.45) is -4.40. The number of ether oxygens (including phenoxy) is 1. The zero-order valence-electron chi connectivity index (χ0n) is 12.0. The topological polar surface area (TPSA) is 63.7 Å². The van der Waals surface area contributed by atoms with E-state index in [-0.39, 0.29) is 13.2 Å². The summed E-state index contributed by atoms with van der Waals surface area (Å²) >= 11 is 0. The van der Waals surface area contributed by atoms with Crippen LogP contribution in [0.2, 0.25) is 0 Å². The van der Waals surface area contributed by atoms with Crippen molar-refractivity contribution in [1.82, 2.24) is 4.31 Å². The molecule has 1 heterocycles. The molecular weight excluding hydrogens is 311 g/mol. The minimum atomic E-state index is -5.01. The van der Waals surface area contributed by atoms with Crippen molar-refractivity contribution in [3.8, 4) is 0 Å². The first-order valence-corrected chi connectivity index (χ1v) is 8.34. The van der Waals surface area contributed by atoms with Gasteiger partial charge in [-0.25, -0.2) is 8.42 Å². The second-order valence-corrected chi connectivity index (χ2v) is 7.11. The van der Waals surface area contributed by atoms with Crippen molar-refractivity contribution in [2.75, 3.05) is 13.2 Å². The van der Waals surface area contributed by atoms with Gasteiger partial charge in [0.1, 0.15) is 0 Å². The summed E-state index contributed by atoms with van der Waals surface area (Å²) in [6.45, 7) is 2.98. The van der Waals surface area contributed by atoms with Crippen molar-refractivity contribution in [2.24, 2.45) is 0 Å². The van der Waals surface area contributed by atoms with Crippen molar-refractivity contribution in [3.63, 3.8) is 0 Å². The van der Waals surface area contributed by atoms with E-state index in [9.17, 15) is 26.4 Å². The molecule has 0 saturated carbocycles. The van der Waals surface area contributed by atoms with Crippen LogP contribution in [-0.4, -0.2) is 49.3 Å². The molecule has 1 rings (SSSR count). The van der Waals surface area contributed by atoms with Crippen molar-refractivity contribution >= 4 is 16.0 Å². The summed E-state index contributed by atoms with van der Waals surface area (Å²) < 4.78 is 69.1. The van der Waals surface area contributed by atoms with E-state index in [4.69, 9.17) is 0 Å². The molecule has 1 saturated heterocycles. The van der Waals surface area contributed by atoms with Crippen LogP contribution in [0.3, 0.4) is 0 Å². The fourth-order valence-corrected chi connectivity index (χ4v) is 4.38. The monoisotopic (exact) mass is 331 g/mol. The Morgan fingerprint density at radius 3 is 2.48 bits per heavy atom. The van der Waals surface area contributed by atoms with Gasteiger partial charge in [-0.1, -0.05) is 6.42 Å². The predicted molar refractivity (Wildman–Crippen MR) is 70.0 cm³/mol. The molecule has 0 aromatic carbocycles. The number of hydrogen-bond acceptors (Lipinski definition) is 4. The van der Waals surface area contributed by atoms with Gasteiger partial charge in [0.15, 0.2) is 5.25 Å². The van der Waals surface area contributed by atoms with Gasteiger partial charge in [0.2, 0.25) is 10.0 Å². The van der Waals surface area contributed by atoms with Gasteiger partial charge in [-0.3, -0.25) is 4.79 Å². The molecule has 1 aliphatic heterocycles. The highest BCUT2D eigenvalue weighted by Crippen LogP contribution is 2.33. The second kappa shape index (κ2) is 6.95. The molecule has 0 aromatic rings. The molecule has 21 heavy (non-hydrogen) atoms. The van der Waals surface area contributed by atoms with Gasteiger partial charge >= 0.3 is 12.1 Å². The Morgan fingerprint density at radius 2 is 2.00 bits per heavy atom. The largest absolute Gasteiger partial charge is 0.466 e. The molecule has 0 aliphatic carbocycles. The van der Waals surface area contributed by atoms with E-state index < -0.39 is 39.9 Å². The van der Waals surface area contributed by atoms with Crippen molar-refractivity contribution < 1.29 is 31.1 Å². The first kappa shape index (κ1) is 18.2. The summed E-state index contributed by atoms with van der Waals surface area (Å²) in [4.78, 5) is 11.3. The Kier molecular flexibility index (Phi) is 6.03. The highest BCUT2D eigenvalue weighted by Gasteiger charge is 2.53. The number of piperidine rings is 1. The lowest BCUT2D eigenvalue weighted by molar-refractivity contribution is -0.155. The third-order valence-electron chi connectivity index (χ3n) is 3.45. The van der Waals surface area contributed by atoms with E-state index in [2.05, 4.69) is 4.74 Å². The lowest BCUT2D eigenvalue weighted by Crippen LogP contribution is -2.51. The Hall–Kier alpha value is -0.830. The molecule has 0 amide bonds. The predicted octanol–water partition coefficient (Wildman–Crippen LogP) is 2.07. The lowest BCUT2D eigenvalue weighted by Gasteiger charge is -2.35. The molecule has 1 fully saturated rings. The normalized spacial score (nSPS) is 22.8. The summed E-state index contributed by atoms with van der Waals surface area (Å²) in [5, 5.41) is -2.75. The number of carbonyl (C=O) groups is 1. The van der Waals surface area contributed by atoms with E-state index in [1.807, 2.05) is 0 Å². The van der Waals surface area contributed by atoms with Gasteiger partial charge < -0.3 is 4.74 Å². The second-order valence-electron chi connectivity index (χ2n) is 5.04. The van der Waals surface area contributed by atoms with Crippen LogP contribution in [0.5, 0.6) is 0 Å². The number of sulfonamides is 1. The summed E-state index contributed by atoms with van der Waals surface area (Å²) in [5.41, 5.74) is 0. The van der Waals surface area contributed by atoms with Crippen LogP contribution in [0.25, 0.3) is 0 Å². The fourth-order valence-electron chi connectivity index (χ4n) is 2.37. The zero-order valence-corrected chi connectivity index (χ0v) is 12.8. The smallest absolute Gasteiger partial charge is 0.407 e.